The Hall–Kier alpha value is -1.83. The topological polar surface area (TPSA) is 93.9 Å². The molecule has 3 N–H and O–H groups in total. The van der Waals surface area contributed by atoms with Crippen molar-refractivity contribution in [3.8, 4) is 5.75 Å². The standard InChI is InChI=1S/C28H43N3O4.ClH/c1-15(2)23(30-25(32)16(3)29)26(33)31-12-11-22-20(31)14-19-24(34-22)18-13-17(27(4,5)6)9-10-21(18)35-28(19,7)8;/h9-10,13,15-16,19-20,22-24H,11-12,14,29H2,1-8H3,(H,30,32);1H/t16-,19-,20-,22-,23+,24+;/m1./s1. The van der Waals surface area contributed by atoms with Crippen LogP contribution in [0.4, 0.5) is 0 Å². The van der Waals surface area contributed by atoms with Gasteiger partial charge in [-0.3, -0.25) is 9.59 Å². The Morgan fingerprint density at radius 3 is 2.44 bits per heavy atom. The minimum absolute atomic E-state index is 0. The molecule has 6 atom stereocenters. The van der Waals surface area contributed by atoms with Crippen molar-refractivity contribution < 1.29 is 19.1 Å². The lowest BCUT2D eigenvalue weighted by Crippen LogP contribution is -2.58. The normalized spacial score (nSPS) is 28.1. The van der Waals surface area contributed by atoms with Crippen LogP contribution in [0.25, 0.3) is 0 Å². The Morgan fingerprint density at radius 1 is 1.19 bits per heavy atom. The summed E-state index contributed by atoms with van der Waals surface area (Å²) in [6, 6.07) is 5.19. The van der Waals surface area contributed by atoms with E-state index in [2.05, 4.69) is 58.1 Å². The zero-order valence-corrected chi connectivity index (χ0v) is 23.8. The number of nitrogens with zero attached hydrogens (tertiary/aromatic N) is 1. The van der Waals surface area contributed by atoms with Crippen molar-refractivity contribution in [3.05, 3.63) is 29.3 Å². The van der Waals surface area contributed by atoms with Crippen molar-refractivity contribution in [2.24, 2.45) is 17.6 Å². The molecule has 0 spiro atoms. The molecule has 2 fully saturated rings. The van der Waals surface area contributed by atoms with Crippen LogP contribution in [0.15, 0.2) is 18.2 Å². The van der Waals surface area contributed by atoms with E-state index >= 15 is 0 Å². The average molecular weight is 522 g/mol. The third-order valence-electron chi connectivity index (χ3n) is 8.04. The molecule has 2 amide bonds. The van der Waals surface area contributed by atoms with Gasteiger partial charge >= 0.3 is 0 Å². The van der Waals surface area contributed by atoms with Gasteiger partial charge in [0.05, 0.1) is 24.3 Å². The van der Waals surface area contributed by atoms with E-state index in [1.807, 2.05) is 18.7 Å². The van der Waals surface area contributed by atoms with Crippen LogP contribution in [0.2, 0.25) is 0 Å². The van der Waals surface area contributed by atoms with Gasteiger partial charge in [0.1, 0.15) is 17.4 Å². The summed E-state index contributed by atoms with van der Waals surface area (Å²) in [5.74, 6) is 0.608. The maximum absolute atomic E-state index is 13.7. The third-order valence-corrected chi connectivity index (χ3v) is 8.04. The van der Waals surface area contributed by atoms with Gasteiger partial charge in [0.15, 0.2) is 0 Å². The number of ether oxygens (including phenoxy) is 2. The van der Waals surface area contributed by atoms with Crippen LogP contribution in [-0.2, 0) is 19.7 Å². The molecule has 3 aliphatic rings. The van der Waals surface area contributed by atoms with E-state index in [0.717, 1.165) is 24.2 Å². The fourth-order valence-electron chi connectivity index (χ4n) is 5.81. The lowest BCUT2D eigenvalue weighted by Gasteiger charge is -2.51. The van der Waals surface area contributed by atoms with Crippen molar-refractivity contribution in [2.45, 2.75) is 110 Å². The minimum Gasteiger partial charge on any atom is -0.487 e. The number of carbonyl (C=O) groups excluding carboxylic acids is 2. The molecular formula is C28H44ClN3O4. The summed E-state index contributed by atoms with van der Waals surface area (Å²) in [5, 5.41) is 2.87. The smallest absolute Gasteiger partial charge is 0.245 e. The number of nitrogens with two attached hydrogens (primary N) is 1. The highest BCUT2D eigenvalue weighted by molar-refractivity contribution is 5.90. The summed E-state index contributed by atoms with van der Waals surface area (Å²) >= 11 is 0. The van der Waals surface area contributed by atoms with E-state index in [-0.39, 0.29) is 59.7 Å². The van der Waals surface area contributed by atoms with Crippen LogP contribution in [0.3, 0.4) is 0 Å². The van der Waals surface area contributed by atoms with E-state index in [0.29, 0.717) is 6.54 Å². The Bertz CT molecular complexity index is 987. The van der Waals surface area contributed by atoms with Gasteiger partial charge < -0.3 is 25.4 Å². The van der Waals surface area contributed by atoms with Crippen LogP contribution in [0.5, 0.6) is 5.75 Å². The zero-order chi connectivity index (χ0) is 25.9. The summed E-state index contributed by atoms with van der Waals surface area (Å²) < 4.78 is 13.3. The predicted molar refractivity (Wildman–Crippen MR) is 143 cm³/mol. The molecule has 0 aromatic heterocycles. The number of carbonyl (C=O) groups is 2. The van der Waals surface area contributed by atoms with E-state index in [4.69, 9.17) is 15.2 Å². The molecule has 7 nitrogen and oxygen atoms in total. The summed E-state index contributed by atoms with van der Waals surface area (Å²) in [7, 11) is 0. The molecule has 0 radical (unpaired) electrons. The molecule has 0 bridgehead atoms. The van der Waals surface area contributed by atoms with Gasteiger partial charge in [-0.1, -0.05) is 40.7 Å². The molecule has 0 aliphatic carbocycles. The van der Waals surface area contributed by atoms with Gasteiger partial charge in [-0.15, -0.1) is 12.4 Å². The molecule has 0 saturated carbocycles. The van der Waals surface area contributed by atoms with Gasteiger partial charge in [-0.05, 0) is 62.6 Å². The average Bonchev–Trinajstić information content (AvgIpc) is 3.17. The van der Waals surface area contributed by atoms with Crippen LogP contribution < -0.4 is 15.8 Å². The van der Waals surface area contributed by atoms with Crippen molar-refractivity contribution in [1.82, 2.24) is 10.2 Å². The lowest BCUT2D eigenvalue weighted by molar-refractivity contribution is -0.168. The first-order chi connectivity index (χ1) is 16.2. The maximum atomic E-state index is 13.7. The largest absolute Gasteiger partial charge is 0.487 e. The Morgan fingerprint density at radius 2 is 1.86 bits per heavy atom. The van der Waals surface area contributed by atoms with Gasteiger partial charge in [0.2, 0.25) is 11.8 Å². The summed E-state index contributed by atoms with van der Waals surface area (Å²) in [4.78, 5) is 27.9. The number of halogens is 1. The molecule has 0 unspecified atom stereocenters. The Balaban J connectivity index is 0.00000361. The highest BCUT2D eigenvalue weighted by Crippen LogP contribution is 2.53. The van der Waals surface area contributed by atoms with E-state index < -0.39 is 17.7 Å². The molecule has 4 rings (SSSR count). The second-order valence-corrected chi connectivity index (χ2v) is 12.6. The van der Waals surface area contributed by atoms with Crippen LogP contribution in [-0.4, -0.2) is 53.1 Å². The number of nitrogens with one attached hydrogen (secondary N) is 1. The van der Waals surface area contributed by atoms with Gasteiger partial charge in [0, 0.05) is 18.0 Å². The van der Waals surface area contributed by atoms with E-state index in [9.17, 15) is 9.59 Å². The minimum atomic E-state index is -0.660. The number of fused-ring (bicyclic) bond motifs is 4. The van der Waals surface area contributed by atoms with E-state index in [1.54, 1.807) is 6.92 Å². The van der Waals surface area contributed by atoms with Crippen LogP contribution in [0.1, 0.15) is 85.5 Å². The Labute approximate surface area is 222 Å². The maximum Gasteiger partial charge on any atom is 0.245 e. The quantitative estimate of drug-likeness (QED) is 0.621. The SMILES string of the molecule is CC(C)[C@H](NC(=O)[C@@H](C)N)C(=O)N1CC[C@H]2O[C@H]3c4cc(C(C)(C)C)ccc4OC(C)(C)[C@@H]3C[C@H]21.Cl. The highest BCUT2D eigenvalue weighted by Gasteiger charge is 2.54. The number of hydrogen-bond donors (Lipinski definition) is 2. The van der Waals surface area contributed by atoms with Crippen molar-refractivity contribution in [3.63, 3.8) is 0 Å². The number of rotatable bonds is 4. The van der Waals surface area contributed by atoms with Gasteiger partial charge in [-0.2, -0.15) is 0 Å². The third kappa shape index (κ3) is 5.25. The molecule has 2 saturated heterocycles. The fourth-order valence-corrected chi connectivity index (χ4v) is 5.81. The summed E-state index contributed by atoms with van der Waals surface area (Å²) in [5.41, 5.74) is 7.74. The molecule has 3 heterocycles. The number of likely N-dealkylation sites (tertiary alicyclic amines) is 1. The van der Waals surface area contributed by atoms with Crippen LogP contribution in [0, 0.1) is 11.8 Å². The van der Waals surface area contributed by atoms with Crippen molar-refractivity contribution >= 4 is 24.2 Å². The molecule has 8 heteroatoms. The molecule has 202 valence electrons. The van der Waals surface area contributed by atoms with E-state index in [1.165, 1.54) is 5.56 Å². The molecule has 3 aliphatic heterocycles. The second kappa shape index (κ2) is 10.1. The highest BCUT2D eigenvalue weighted by atomic mass is 35.5. The number of benzene rings is 1. The first-order valence-corrected chi connectivity index (χ1v) is 13.1. The summed E-state index contributed by atoms with van der Waals surface area (Å²) in [6.45, 7) is 17.0. The predicted octanol–water partition coefficient (Wildman–Crippen LogP) is 4.11. The molecule has 1 aromatic rings. The second-order valence-electron chi connectivity index (χ2n) is 12.6. The Kier molecular flexibility index (Phi) is 8.10. The molecule has 1 aromatic carbocycles. The van der Waals surface area contributed by atoms with Gasteiger partial charge in [0.25, 0.3) is 0 Å². The first-order valence-electron chi connectivity index (χ1n) is 13.1. The van der Waals surface area contributed by atoms with Crippen molar-refractivity contribution in [2.75, 3.05) is 6.54 Å². The summed E-state index contributed by atoms with van der Waals surface area (Å²) in [6.07, 6.45) is 1.50. The lowest BCUT2D eigenvalue weighted by atomic mass is 9.73. The monoisotopic (exact) mass is 521 g/mol. The molecule has 36 heavy (non-hydrogen) atoms. The molecular weight excluding hydrogens is 478 g/mol. The number of amides is 2. The van der Waals surface area contributed by atoms with Gasteiger partial charge in [-0.25, -0.2) is 0 Å². The first kappa shape index (κ1) is 28.7. The fraction of sp³-hybridized carbons (Fsp3) is 0.714. The zero-order valence-electron chi connectivity index (χ0n) is 23.0. The van der Waals surface area contributed by atoms with Crippen LogP contribution >= 0.6 is 12.4 Å². The van der Waals surface area contributed by atoms with Crippen molar-refractivity contribution in [1.29, 1.82) is 0 Å². The number of hydrogen-bond acceptors (Lipinski definition) is 5.